The average molecular weight is 660 g/mol. The zero-order valence-electron chi connectivity index (χ0n) is 26.2. The first-order valence-electron chi connectivity index (χ1n) is 16.0. The Hall–Kier alpha value is -2.66. The first kappa shape index (κ1) is 32.3. The van der Waals surface area contributed by atoms with E-state index in [-0.39, 0.29) is 35.9 Å². The van der Waals surface area contributed by atoms with Crippen molar-refractivity contribution in [2.45, 2.75) is 75.1 Å². The lowest BCUT2D eigenvalue weighted by molar-refractivity contribution is 0.0886. The van der Waals surface area contributed by atoms with Gasteiger partial charge in [0.05, 0.1) is 30.2 Å². The highest BCUT2D eigenvalue weighted by atomic mass is 35.5. The van der Waals surface area contributed by atoms with Gasteiger partial charge in [0.25, 0.3) is 5.91 Å². The maximum atomic E-state index is 16.0. The Bertz CT molecular complexity index is 1590. The van der Waals surface area contributed by atoms with Crippen molar-refractivity contribution in [3.05, 3.63) is 70.0 Å². The van der Waals surface area contributed by atoms with Crippen LogP contribution in [0.25, 0.3) is 0 Å². The number of sulfonamides is 1. The van der Waals surface area contributed by atoms with Gasteiger partial charge in [-0.25, -0.2) is 17.5 Å². The number of halogens is 2. The number of carbonyl (C=O) groups is 1. The SMILES string of the molecule is COC[C@H]1/C(F)=C/C[C@H](C)[C@@H](C)S(=O)(=O)NC(=O)c2ccc3c(c2)N(C[C@@H]2CCCN21)C[C@@]1(CCCc2cc(Cl)ccc21)CO3. The second-order valence-electron chi connectivity index (χ2n) is 13.3. The van der Waals surface area contributed by atoms with Gasteiger partial charge in [-0.1, -0.05) is 30.7 Å². The number of hydrogen-bond acceptors (Lipinski definition) is 7. The van der Waals surface area contributed by atoms with Crippen molar-refractivity contribution in [1.29, 1.82) is 0 Å². The molecule has 1 aliphatic carbocycles. The first-order valence-corrected chi connectivity index (χ1v) is 17.9. The van der Waals surface area contributed by atoms with E-state index in [9.17, 15) is 13.2 Å². The molecule has 1 amide bonds. The molecule has 0 radical (unpaired) electrons. The molecule has 1 N–H and O–H groups in total. The van der Waals surface area contributed by atoms with Crippen LogP contribution >= 0.6 is 11.6 Å². The molecule has 0 saturated carbocycles. The van der Waals surface area contributed by atoms with E-state index >= 15 is 4.39 Å². The van der Waals surface area contributed by atoms with Crippen molar-refractivity contribution in [2.24, 2.45) is 5.92 Å². The molecule has 0 aromatic heterocycles. The molecule has 45 heavy (non-hydrogen) atoms. The molecular weight excluding hydrogens is 617 g/mol. The maximum Gasteiger partial charge on any atom is 0.264 e. The smallest absolute Gasteiger partial charge is 0.264 e. The lowest BCUT2D eigenvalue weighted by atomic mass is 9.70. The summed E-state index contributed by atoms with van der Waals surface area (Å²) in [5.41, 5.74) is 3.10. The predicted molar refractivity (Wildman–Crippen MR) is 174 cm³/mol. The Balaban J connectivity index is 1.46. The monoisotopic (exact) mass is 659 g/mol. The summed E-state index contributed by atoms with van der Waals surface area (Å²) in [5.74, 6) is -0.788. The highest BCUT2D eigenvalue weighted by molar-refractivity contribution is 7.90. The van der Waals surface area contributed by atoms with Crippen molar-refractivity contribution < 1.29 is 27.1 Å². The fraction of sp³-hybridized carbons (Fsp3) is 0.559. The zero-order chi connectivity index (χ0) is 31.9. The molecule has 3 heterocycles. The maximum absolute atomic E-state index is 16.0. The number of anilines is 1. The molecule has 1 saturated heterocycles. The number of hydrogen-bond donors (Lipinski definition) is 1. The molecule has 4 aliphatic rings. The minimum atomic E-state index is -4.03. The van der Waals surface area contributed by atoms with Gasteiger partial charge in [0.1, 0.15) is 11.6 Å². The largest absolute Gasteiger partial charge is 0.490 e. The summed E-state index contributed by atoms with van der Waals surface area (Å²) in [6.45, 7) is 5.91. The van der Waals surface area contributed by atoms with Crippen LogP contribution in [0.4, 0.5) is 10.1 Å². The second-order valence-corrected chi connectivity index (χ2v) is 15.7. The van der Waals surface area contributed by atoms with E-state index < -0.39 is 33.1 Å². The van der Waals surface area contributed by atoms with E-state index in [1.165, 1.54) is 17.2 Å². The molecule has 2 aromatic rings. The molecule has 0 unspecified atom stereocenters. The number of rotatable bonds is 2. The van der Waals surface area contributed by atoms with Crippen LogP contribution in [-0.4, -0.2) is 76.5 Å². The van der Waals surface area contributed by atoms with Gasteiger partial charge in [-0.05, 0) is 99.4 Å². The highest BCUT2D eigenvalue weighted by Crippen LogP contribution is 2.45. The standard InChI is InChI=1S/C34H43ClFN3O5S/c1-22-8-12-29(36)31(19-43-3)39-15-5-7-27(39)18-38-20-34(14-4-6-24-16-26(35)10-11-28(24)34)21-44-32-13-9-25(17-30(32)38)33(40)37-45(41,42)23(22)2/h9-13,16-17,22-23,27,31H,4-8,14-15,18-21H2,1-3H3,(H,37,40)/b29-12-/t22-,23+,27-,31-,34-/m0/s1. The molecule has 1 fully saturated rings. The number of carbonyl (C=O) groups excluding carboxylic acids is 1. The van der Waals surface area contributed by atoms with Crippen LogP contribution in [0.2, 0.25) is 5.02 Å². The number of nitrogens with zero attached hydrogens (tertiary/aromatic N) is 2. The van der Waals surface area contributed by atoms with Gasteiger partial charge >= 0.3 is 0 Å². The third kappa shape index (κ3) is 6.35. The first-order chi connectivity index (χ1) is 21.5. The molecular formula is C34H43ClFN3O5S. The summed E-state index contributed by atoms with van der Waals surface area (Å²) in [6.07, 6.45) is 6.40. The second kappa shape index (κ2) is 12.9. The van der Waals surface area contributed by atoms with Crippen LogP contribution < -0.4 is 14.4 Å². The summed E-state index contributed by atoms with van der Waals surface area (Å²) in [4.78, 5) is 17.9. The lowest BCUT2D eigenvalue weighted by Crippen LogP contribution is -2.51. The number of allylic oxidation sites excluding steroid dienone is 1. The number of ether oxygens (including phenoxy) is 2. The molecule has 3 aliphatic heterocycles. The van der Waals surface area contributed by atoms with E-state index in [0.29, 0.717) is 30.5 Å². The van der Waals surface area contributed by atoms with Crippen LogP contribution in [0, 0.1) is 5.92 Å². The predicted octanol–water partition coefficient (Wildman–Crippen LogP) is 5.63. The molecule has 6 rings (SSSR count). The van der Waals surface area contributed by atoms with E-state index in [1.807, 2.05) is 6.07 Å². The van der Waals surface area contributed by atoms with Gasteiger partial charge in [0.15, 0.2) is 0 Å². The van der Waals surface area contributed by atoms with Crippen LogP contribution in [-0.2, 0) is 26.6 Å². The summed E-state index contributed by atoms with van der Waals surface area (Å²) >= 11 is 6.41. The average Bonchev–Trinajstić information content (AvgIpc) is 3.41. The molecule has 244 valence electrons. The van der Waals surface area contributed by atoms with Gasteiger partial charge < -0.3 is 14.4 Å². The molecule has 11 heteroatoms. The Morgan fingerprint density at radius 2 is 2.00 bits per heavy atom. The Morgan fingerprint density at radius 1 is 1.18 bits per heavy atom. The van der Waals surface area contributed by atoms with Crippen LogP contribution in [0.15, 0.2) is 48.3 Å². The summed E-state index contributed by atoms with van der Waals surface area (Å²) in [6, 6.07) is 10.7. The summed E-state index contributed by atoms with van der Waals surface area (Å²) in [7, 11) is -2.45. The highest BCUT2D eigenvalue weighted by Gasteiger charge is 2.44. The number of methoxy groups -OCH3 is 1. The van der Waals surface area contributed by atoms with Gasteiger partial charge in [-0.15, -0.1) is 0 Å². The normalized spacial score (nSPS) is 31.6. The quantitative estimate of drug-likeness (QED) is 0.447. The van der Waals surface area contributed by atoms with Gasteiger partial charge in [-0.3, -0.25) is 9.69 Å². The third-order valence-corrected chi connectivity index (χ3v) is 12.6. The summed E-state index contributed by atoms with van der Waals surface area (Å²) in [5, 5.41) is -0.206. The third-order valence-electron chi connectivity index (χ3n) is 10.4. The molecule has 2 bridgehead atoms. The Morgan fingerprint density at radius 3 is 2.80 bits per heavy atom. The minimum absolute atomic E-state index is 0.0303. The van der Waals surface area contributed by atoms with Crippen molar-refractivity contribution in [3.8, 4) is 5.75 Å². The van der Waals surface area contributed by atoms with Crippen molar-refractivity contribution >= 4 is 33.2 Å². The number of fused-ring (bicyclic) bond motifs is 4. The number of nitrogens with one attached hydrogen (secondary N) is 1. The number of amides is 1. The lowest BCUT2D eigenvalue weighted by Gasteiger charge is -2.42. The summed E-state index contributed by atoms with van der Waals surface area (Å²) < 4.78 is 56.9. The van der Waals surface area contributed by atoms with Gasteiger partial charge in [-0.2, -0.15) is 0 Å². The molecule has 8 nitrogen and oxygen atoms in total. The van der Waals surface area contributed by atoms with Gasteiger partial charge in [0, 0.05) is 42.2 Å². The van der Waals surface area contributed by atoms with E-state index in [1.54, 1.807) is 39.2 Å². The molecule has 1 spiro atoms. The minimum Gasteiger partial charge on any atom is -0.490 e. The van der Waals surface area contributed by atoms with Crippen LogP contribution in [0.5, 0.6) is 5.75 Å². The van der Waals surface area contributed by atoms with Crippen molar-refractivity contribution in [1.82, 2.24) is 9.62 Å². The van der Waals surface area contributed by atoms with Crippen LogP contribution in [0.3, 0.4) is 0 Å². The van der Waals surface area contributed by atoms with E-state index in [4.69, 9.17) is 21.1 Å². The van der Waals surface area contributed by atoms with Crippen molar-refractivity contribution in [3.63, 3.8) is 0 Å². The van der Waals surface area contributed by atoms with Crippen LogP contribution in [0.1, 0.15) is 67.4 Å². The van der Waals surface area contributed by atoms with Gasteiger partial charge in [0.2, 0.25) is 10.0 Å². The van der Waals surface area contributed by atoms with E-state index in [2.05, 4.69) is 26.7 Å². The van der Waals surface area contributed by atoms with E-state index in [0.717, 1.165) is 44.3 Å². The number of aryl methyl sites for hydroxylation is 1. The van der Waals surface area contributed by atoms with Crippen molar-refractivity contribution in [2.75, 3.05) is 44.9 Å². The zero-order valence-corrected chi connectivity index (χ0v) is 27.8. The number of benzene rings is 2. The fourth-order valence-corrected chi connectivity index (χ4v) is 9.16. The molecule has 2 aromatic carbocycles. The Kier molecular flexibility index (Phi) is 9.22. The topological polar surface area (TPSA) is 88.2 Å². The Labute approximate surface area is 270 Å². The molecule has 5 atom stereocenters. The fourth-order valence-electron chi connectivity index (χ4n) is 7.68.